The standard InChI is InChI=1S/C16H21N3O2/c1-13(20)17-8-10-18(11-9-17)16(21)12-19-7-6-14-4-2-3-5-15(14)19/h2-5H,6-12H2,1H3. The molecule has 5 heteroatoms. The van der Waals surface area contributed by atoms with Crippen molar-refractivity contribution in [3.8, 4) is 0 Å². The average molecular weight is 287 g/mol. The van der Waals surface area contributed by atoms with Crippen LogP contribution in [0.25, 0.3) is 0 Å². The number of benzene rings is 1. The molecule has 3 rings (SSSR count). The third-order valence-corrected chi connectivity index (χ3v) is 4.39. The Labute approximate surface area is 125 Å². The molecule has 0 aromatic heterocycles. The Bertz CT molecular complexity index is 550. The highest BCUT2D eigenvalue weighted by atomic mass is 16.2. The molecule has 21 heavy (non-hydrogen) atoms. The van der Waals surface area contributed by atoms with Gasteiger partial charge in [-0.25, -0.2) is 0 Å². The minimum Gasteiger partial charge on any atom is -0.362 e. The number of para-hydroxylation sites is 1. The zero-order chi connectivity index (χ0) is 14.8. The second-order valence-corrected chi connectivity index (χ2v) is 5.69. The Balaban J connectivity index is 1.57. The molecule has 0 saturated carbocycles. The summed E-state index contributed by atoms with van der Waals surface area (Å²) in [4.78, 5) is 29.6. The third-order valence-electron chi connectivity index (χ3n) is 4.39. The first-order valence-electron chi connectivity index (χ1n) is 7.51. The number of fused-ring (bicyclic) bond motifs is 1. The van der Waals surface area contributed by atoms with Crippen molar-refractivity contribution in [2.75, 3.05) is 44.2 Å². The summed E-state index contributed by atoms with van der Waals surface area (Å²) in [6.07, 6.45) is 1.02. The number of piperazine rings is 1. The first kappa shape index (κ1) is 13.9. The zero-order valence-electron chi connectivity index (χ0n) is 12.4. The van der Waals surface area contributed by atoms with Crippen molar-refractivity contribution in [1.29, 1.82) is 0 Å². The predicted molar refractivity (Wildman–Crippen MR) is 81.2 cm³/mol. The number of hydrogen-bond donors (Lipinski definition) is 0. The van der Waals surface area contributed by atoms with E-state index in [0.29, 0.717) is 32.7 Å². The SMILES string of the molecule is CC(=O)N1CCN(C(=O)CN2CCc3ccccc32)CC1. The van der Waals surface area contributed by atoms with Crippen LogP contribution in [-0.4, -0.2) is 60.9 Å². The van der Waals surface area contributed by atoms with Crippen LogP contribution in [0.15, 0.2) is 24.3 Å². The van der Waals surface area contributed by atoms with E-state index in [4.69, 9.17) is 0 Å². The minimum absolute atomic E-state index is 0.0931. The average Bonchev–Trinajstić information content (AvgIpc) is 2.91. The van der Waals surface area contributed by atoms with Crippen molar-refractivity contribution in [1.82, 2.24) is 9.80 Å². The summed E-state index contributed by atoms with van der Waals surface area (Å²) >= 11 is 0. The molecule has 0 atom stereocenters. The number of carbonyl (C=O) groups excluding carboxylic acids is 2. The molecule has 0 unspecified atom stereocenters. The molecule has 2 aliphatic rings. The fourth-order valence-corrected chi connectivity index (χ4v) is 3.10. The van der Waals surface area contributed by atoms with E-state index < -0.39 is 0 Å². The molecule has 0 aliphatic carbocycles. The Hall–Kier alpha value is -2.04. The molecule has 2 heterocycles. The van der Waals surface area contributed by atoms with Gasteiger partial charge in [0.05, 0.1) is 6.54 Å². The van der Waals surface area contributed by atoms with Gasteiger partial charge in [-0.3, -0.25) is 9.59 Å². The highest BCUT2D eigenvalue weighted by molar-refractivity contribution is 5.83. The quantitative estimate of drug-likeness (QED) is 0.806. The van der Waals surface area contributed by atoms with E-state index in [1.807, 2.05) is 17.0 Å². The molecule has 2 amide bonds. The lowest BCUT2D eigenvalue weighted by atomic mass is 10.2. The maximum atomic E-state index is 12.4. The van der Waals surface area contributed by atoms with E-state index in [1.54, 1.807) is 11.8 Å². The summed E-state index contributed by atoms with van der Waals surface area (Å²) in [5.74, 6) is 0.255. The smallest absolute Gasteiger partial charge is 0.242 e. The lowest BCUT2D eigenvalue weighted by Gasteiger charge is -2.35. The molecule has 112 valence electrons. The fraction of sp³-hybridized carbons (Fsp3) is 0.500. The van der Waals surface area contributed by atoms with Crippen LogP contribution in [0.5, 0.6) is 0 Å². The van der Waals surface area contributed by atoms with Gasteiger partial charge in [-0.05, 0) is 18.1 Å². The van der Waals surface area contributed by atoms with Crippen LogP contribution in [0.1, 0.15) is 12.5 Å². The molecule has 0 N–H and O–H groups in total. The maximum absolute atomic E-state index is 12.4. The Morgan fingerprint density at radius 2 is 1.67 bits per heavy atom. The largest absolute Gasteiger partial charge is 0.362 e. The van der Waals surface area contributed by atoms with Gasteiger partial charge in [-0.1, -0.05) is 18.2 Å². The highest BCUT2D eigenvalue weighted by Crippen LogP contribution is 2.27. The Kier molecular flexibility index (Phi) is 3.82. The van der Waals surface area contributed by atoms with Crippen molar-refractivity contribution >= 4 is 17.5 Å². The van der Waals surface area contributed by atoms with Gasteiger partial charge in [0.2, 0.25) is 11.8 Å². The lowest BCUT2D eigenvalue weighted by Crippen LogP contribution is -2.52. The van der Waals surface area contributed by atoms with Crippen LogP contribution in [0.4, 0.5) is 5.69 Å². The van der Waals surface area contributed by atoms with E-state index in [1.165, 1.54) is 11.3 Å². The topological polar surface area (TPSA) is 43.9 Å². The Morgan fingerprint density at radius 1 is 1.00 bits per heavy atom. The summed E-state index contributed by atoms with van der Waals surface area (Å²) in [6.45, 7) is 5.53. The molecule has 1 fully saturated rings. The van der Waals surface area contributed by atoms with Crippen LogP contribution >= 0.6 is 0 Å². The predicted octanol–water partition coefficient (Wildman–Crippen LogP) is 0.740. The number of nitrogens with zero attached hydrogens (tertiary/aromatic N) is 3. The summed E-state index contributed by atoms with van der Waals surface area (Å²) in [7, 11) is 0. The monoisotopic (exact) mass is 287 g/mol. The van der Waals surface area contributed by atoms with E-state index in [2.05, 4.69) is 17.0 Å². The van der Waals surface area contributed by atoms with E-state index in [0.717, 1.165) is 13.0 Å². The molecule has 2 aliphatic heterocycles. The number of rotatable bonds is 2. The van der Waals surface area contributed by atoms with Gasteiger partial charge < -0.3 is 14.7 Å². The number of hydrogen-bond acceptors (Lipinski definition) is 3. The van der Waals surface area contributed by atoms with E-state index in [-0.39, 0.29) is 11.8 Å². The van der Waals surface area contributed by atoms with Crippen LogP contribution in [-0.2, 0) is 16.0 Å². The normalized spacial score (nSPS) is 17.9. The van der Waals surface area contributed by atoms with E-state index in [9.17, 15) is 9.59 Å². The van der Waals surface area contributed by atoms with E-state index >= 15 is 0 Å². The fourth-order valence-electron chi connectivity index (χ4n) is 3.10. The van der Waals surface area contributed by atoms with Crippen LogP contribution in [0.2, 0.25) is 0 Å². The van der Waals surface area contributed by atoms with Crippen LogP contribution < -0.4 is 4.90 Å². The maximum Gasteiger partial charge on any atom is 0.242 e. The van der Waals surface area contributed by atoms with Crippen LogP contribution in [0, 0.1) is 0 Å². The third kappa shape index (κ3) is 2.86. The van der Waals surface area contributed by atoms with Crippen molar-refractivity contribution in [2.45, 2.75) is 13.3 Å². The molecule has 0 bridgehead atoms. The second-order valence-electron chi connectivity index (χ2n) is 5.69. The minimum atomic E-state index is 0.0931. The first-order chi connectivity index (χ1) is 10.1. The molecule has 5 nitrogen and oxygen atoms in total. The van der Waals surface area contributed by atoms with Gasteiger partial charge in [0.25, 0.3) is 0 Å². The highest BCUT2D eigenvalue weighted by Gasteiger charge is 2.26. The molecule has 1 saturated heterocycles. The van der Waals surface area contributed by atoms with Gasteiger partial charge in [0.1, 0.15) is 0 Å². The number of carbonyl (C=O) groups is 2. The molecular weight excluding hydrogens is 266 g/mol. The van der Waals surface area contributed by atoms with Crippen LogP contribution in [0.3, 0.4) is 0 Å². The van der Waals surface area contributed by atoms with Gasteiger partial charge in [-0.15, -0.1) is 0 Å². The van der Waals surface area contributed by atoms with Crippen molar-refractivity contribution in [3.63, 3.8) is 0 Å². The molecule has 0 radical (unpaired) electrons. The number of amides is 2. The molecule has 1 aromatic carbocycles. The van der Waals surface area contributed by atoms with Gasteiger partial charge in [0.15, 0.2) is 0 Å². The molecular formula is C16H21N3O2. The van der Waals surface area contributed by atoms with Crippen molar-refractivity contribution in [3.05, 3.63) is 29.8 Å². The second kappa shape index (κ2) is 5.76. The summed E-state index contributed by atoms with van der Waals surface area (Å²) in [5, 5.41) is 0. The molecule has 1 aromatic rings. The lowest BCUT2D eigenvalue weighted by molar-refractivity contribution is -0.137. The van der Waals surface area contributed by atoms with Crippen molar-refractivity contribution in [2.24, 2.45) is 0 Å². The van der Waals surface area contributed by atoms with Crippen molar-refractivity contribution < 1.29 is 9.59 Å². The molecule has 0 spiro atoms. The number of anilines is 1. The first-order valence-corrected chi connectivity index (χ1v) is 7.51. The van der Waals surface area contributed by atoms with Gasteiger partial charge >= 0.3 is 0 Å². The summed E-state index contributed by atoms with van der Waals surface area (Å²) in [6, 6.07) is 8.28. The Morgan fingerprint density at radius 3 is 2.38 bits per heavy atom. The summed E-state index contributed by atoms with van der Waals surface area (Å²) < 4.78 is 0. The zero-order valence-corrected chi connectivity index (χ0v) is 12.4. The van der Waals surface area contributed by atoms with Gasteiger partial charge in [-0.2, -0.15) is 0 Å². The summed E-state index contributed by atoms with van der Waals surface area (Å²) in [5.41, 5.74) is 2.51. The van der Waals surface area contributed by atoms with Gasteiger partial charge in [0, 0.05) is 45.3 Å².